The number of aliphatic carboxylic acids is 1. The van der Waals surface area contributed by atoms with Crippen LogP contribution in [0.15, 0.2) is 54.7 Å². The molecule has 176 valence electrons. The number of nitrogens with zero attached hydrogens (tertiary/aromatic N) is 2. The Bertz CT molecular complexity index is 1190. The number of carbonyl (C=O) groups is 3. The molecule has 0 spiro atoms. The molecular formula is C24H24N4O6. The summed E-state index contributed by atoms with van der Waals surface area (Å²) in [7, 11) is 1.53. The molecule has 10 nitrogen and oxygen atoms in total. The van der Waals surface area contributed by atoms with Crippen LogP contribution in [0.3, 0.4) is 0 Å². The van der Waals surface area contributed by atoms with E-state index in [0.29, 0.717) is 0 Å². The van der Waals surface area contributed by atoms with Gasteiger partial charge in [0.05, 0.1) is 6.20 Å². The standard InChI is InChI=1S/C24H24N4O6/c1-28-21(18(12-25-28)22(30)26-20(10-11-29)23(31)32)27-24(33)34-13-19-16-8-4-2-6-14(16)15-7-3-5-9-17(15)19/h2-9,12,19-20,29H,10-11,13H2,1H3,(H,26,30)(H,27,33)(H,31,32). The number of rotatable bonds is 8. The van der Waals surface area contributed by atoms with Gasteiger partial charge in [-0.3, -0.25) is 14.8 Å². The molecule has 1 atom stereocenters. The molecule has 1 unspecified atom stereocenters. The fraction of sp³-hybridized carbons (Fsp3) is 0.250. The number of aliphatic hydroxyl groups excluding tert-OH is 1. The average molecular weight is 464 g/mol. The molecule has 3 aromatic rings. The normalized spacial score (nSPS) is 13.0. The number of amides is 2. The molecule has 0 saturated heterocycles. The number of fused-ring (bicyclic) bond motifs is 3. The second-order valence-electron chi connectivity index (χ2n) is 7.86. The molecule has 0 radical (unpaired) electrons. The summed E-state index contributed by atoms with van der Waals surface area (Å²) in [5.74, 6) is -2.09. The van der Waals surface area contributed by atoms with E-state index in [1.807, 2.05) is 48.5 Å². The van der Waals surface area contributed by atoms with Crippen molar-refractivity contribution in [3.8, 4) is 11.1 Å². The third-order valence-corrected chi connectivity index (χ3v) is 5.77. The Morgan fingerprint density at radius 2 is 1.71 bits per heavy atom. The molecule has 4 rings (SSSR count). The van der Waals surface area contributed by atoms with Crippen LogP contribution in [-0.4, -0.2) is 57.2 Å². The van der Waals surface area contributed by atoms with Crippen LogP contribution in [0.1, 0.15) is 33.8 Å². The van der Waals surface area contributed by atoms with E-state index in [1.165, 1.54) is 17.9 Å². The second kappa shape index (κ2) is 9.75. The number of aromatic nitrogens is 2. The van der Waals surface area contributed by atoms with E-state index in [2.05, 4.69) is 15.7 Å². The lowest BCUT2D eigenvalue weighted by Gasteiger charge is -2.16. The topological polar surface area (TPSA) is 143 Å². The minimum absolute atomic E-state index is 0.0276. The van der Waals surface area contributed by atoms with Crippen molar-refractivity contribution in [1.82, 2.24) is 15.1 Å². The minimum atomic E-state index is -1.28. The van der Waals surface area contributed by atoms with E-state index < -0.39 is 30.6 Å². The van der Waals surface area contributed by atoms with Gasteiger partial charge in [-0.15, -0.1) is 0 Å². The Kier molecular flexibility index (Phi) is 6.60. The van der Waals surface area contributed by atoms with E-state index >= 15 is 0 Å². The van der Waals surface area contributed by atoms with Crippen LogP contribution in [0.25, 0.3) is 11.1 Å². The first-order chi connectivity index (χ1) is 16.4. The van der Waals surface area contributed by atoms with Crippen LogP contribution in [-0.2, 0) is 16.6 Å². The number of hydrogen-bond donors (Lipinski definition) is 4. The van der Waals surface area contributed by atoms with E-state index in [1.54, 1.807) is 0 Å². The molecular weight excluding hydrogens is 440 g/mol. The van der Waals surface area contributed by atoms with Gasteiger partial charge in [0, 0.05) is 26.0 Å². The van der Waals surface area contributed by atoms with Gasteiger partial charge in [-0.1, -0.05) is 48.5 Å². The van der Waals surface area contributed by atoms with E-state index in [9.17, 15) is 19.5 Å². The maximum Gasteiger partial charge on any atom is 0.412 e. The number of hydrogen-bond acceptors (Lipinski definition) is 6. The SMILES string of the molecule is Cn1ncc(C(=O)NC(CCO)C(=O)O)c1NC(=O)OCC1c2ccccc2-c2ccccc21. The van der Waals surface area contributed by atoms with E-state index in [0.717, 1.165) is 22.3 Å². The highest BCUT2D eigenvalue weighted by Crippen LogP contribution is 2.44. The highest BCUT2D eigenvalue weighted by Gasteiger charge is 2.29. The molecule has 4 N–H and O–H groups in total. The summed E-state index contributed by atoms with van der Waals surface area (Å²) in [5.41, 5.74) is 4.32. The molecule has 0 saturated carbocycles. The van der Waals surface area contributed by atoms with Crippen LogP contribution in [0.2, 0.25) is 0 Å². The molecule has 2 amide bonds. The van der Waals surface area contributed by atoms with Gasteiger partial charge < -0.3 is 20.3 Å². The number of carboxylic acids is 1. The number of carboxylic acid groups (broad SMARTS) is 1. The number of aliphatic hydroxyl groups is 1. The van der Waals surface area contributed by atoms with Gasteiger partial charge in [0.25, 0.3) is 5.91 Å². The monoisotopic (exact) mass is 464 g/mol. The van der Waals surface area contributed by atoms with Crippen LogP contribution in [0.5, 0.6) is 0 Å². The molecule has 0 bridgehead atoms. The third-order valence-electron chi connectivity index (χ3n) is 5.77. The van der Waals surface area contributed by atoms with Gasteiger partial charge in [-0.05, 0) is 22.3 Å². The molecule has 1 aromatic heterocycles. The Balaban J connectivity index is 1.45. The average Bonchev–Trinajstić information content (AvgIpc) is 3.35. The highest BCUT2D eigenvalue weighted by atomic mass is 16.5. The Morgan fingerprint density at radius 1 is 1.09 bits per heavy atom. The summed E-state index contributed by atoms with van der Waals surface area (Å²) in [6.45, 7) is -0.314. The number of nitrogens with one attached hydrogen (secondary N) is 2. The van der Waals surface area contributed by atoms with E-state index in [4.69, 9.17) is 9.84 Å². The first-order valence-electron chi connectivity index (χ1n) is 10.7. The zero-order valence-electron chi connectivity index (χ0n) is 18.4. The molecule has 1 heterocycles. The largest absolute Gasteiger partial charge is 0.480 e. The summed E-state index contributed by atoms with van der Waals surface area (Å²) in [5, 5.41) is 27.0. The number of carbonyl (C=O) groups excluding carboxylic acids is 2. The zero-order chi connectivity index (χ0) is 24.2. The van der Waals surface area contributed by atoms with Crippen LogP contribution in [0.4, 0.5) is 10.6 Å². The maximum atomic E-state index is 12.6. The van der Waals surface area contributed by atoms with Crippen LogP contribution < -0.4 is 10.6 Å². The lowest BCUT2D eigenvalue weighted by molar-refractivity contribution is -0.139. The smallest absolute Gasteiger partial charge is 0.412 e. The Labute approximate surface area is 195 Å². The molecule has 0 aliphatic heterocycles. The molecule has 10 heteroatoms. The van der Waals surface area contributed by atoms with Gasteiger partial charge in [0.1, 0.15) is 24.0 Å². The van der Waals surface area contributed by atoms with Crippen LogP contribution >= 0.6 is 0 Å². The van der Waals surface area contributed by atoms with Crippen molar-refractivity contribution in [3.05, 3.63) is 71.4 Å². The molecule has 0 fully saturated rings. The van der Waals surface area contributed by atoms with Crippen LogP contribution in [0, 0.1) is 0 Å². The second-order valence-corrected chi connectivity index (χ2v) is 7.86. The summed E-state index contributed by atoms with van der Waals surface area (Å²) < 4.78 is 6.79. The quantitative estimate of drug-likeness (QED) is 0.401. The first kappa shape index (κ1) is 23.0. The molecule has 34 heavy (non-hydrogen) atoms. The van der Waals surface area contributed by atoms with Gasteiger partial charge in [0.15, 0.2) is 0 Å². The summed E-state index contributed by atoms with van der Waals surface area (Å²) in [4.78, 5) is 36.5. The van der Waals surface area contributed by atoms with E-state index in [-0.39, 0.29) is 30.3 Å². The van der Waals surface area contributed by atoms with Crippen molar-refractivity contribution in [2.75, 3.05) is 18.5 Å². The van der Waals surface area contributed by atoms with Gasteiger partial charge in [-0.25, -0.2) is 9.59 Å². The summed E-state index contributed by atoms with van der Waals surface area (Å²) in [6, 6.07) is 14.6. The van der Waals surface area contributed by atoms with Gasteiger partial charge in [-0.2, -0.15) is 5.10 Å². The summed E-state index contributed by atoms with van der Waals surface area (Å²) in [6.07, 6.45) is 0.285. The number of ether oxygens (including phenoxy) is 1. The summed E-state index contributed by atoms with van der Waals surface area (Å²) >= 11 is 0. The number of aryl methyl sites for hydroxylation is 1. The molecule has 2 aromatic carbocycles. The van der Waals surface area contributed by atoms with Crippen molar-refractivity contribution >= 4 is 23.8 Å². The molecule has 1 aliphatic rings. The highest BCUT2D eigenvalue weighted by molar-refractivity contribution is 6.02. The third kappa shape index (κ3) is 4.48. The zero-order valence-corrected chi connectivity index (χ0v) is 18.4. The van der Waals surface area contributed by atoms with Crippen molar-refractivity contribution in [1.29, 1.82) is 0 Å². The lowest BCUT2D eigenvalue weighted by atomic mass is 9.98. The first-order valence-corrected chi connectivity index (χ1v) is 10.7. The van der Waals surface area contributed by atoms with Gasteiger partial charge >= 0.3 is 12.1 Å². The van der Waals surface area contributed by atoms with Crippen molar-refractivity contribution < 1.29 is 29.3 Å². The predicted molar refractivity (Wildman–Crippen MR) is 122 cm³/mol. The number of benzene rings is 2. The molecule has 1 aliphatic carbocycles. The Morgan fingerprint density at radius 3 is 2.29 bits per heavy atom. The van der Waals surface area contributed by atoms with Gasteiger partial charge in [0.2, 0.25) is 0 Å². The predicted octanol–water partition coefficient (Wildman–Crippen LogP) is 2.35. The Hall–Kier alpha value is -4.18. The lowest BCUT2D eigenvalue weighted by Crippen LogP contribution is -2.41. The van der Waals surface area contributed by atoms with Crippen molar-refractivity contribution in [2.45, 2.75) is 18.4 Å². The van der Waals surface area contributed by atoms with Crippen molar-refractivity contribution in [2.24, 2.45) is 7.05 Å². The number of anilines is 1. The van der Waals surface area contributed by atoms with Crippen molar-refractivity contribution in [3.63, 3.8) is 0 Å². The fourth-order valence-corrected chi connectivity index (χ4v) is 4.11. The maximum absolute atomic E-state index is 12.6. The minimum Gasteiger partial charge on any atom is -0.480 e. The fourth-order valence-electron chi connectivity index (χ4n) is 4.11.